The lowest BCUT2D eigenvalue weighted by molar-refractivity contribution is -0.136. The Bertz CT molecular complexity index is 1130. The van der Waals surface area contributed by atoms with Crippen LogP contribution >= 0.6 is 0 Å². The van der Waals surface area contributed by atoms with Gasteiger partial charge in [-0.15, -0.1) is 0 Å². The molecule has 0 atom stereocenters. The Morgan fingerprint density at radius 2 is 1.87 bits per heavy atom. The molecular formula is C19H22N8O3. The van der Waals surface area contributed by atoms with Crippen molar-refractivity contribution < 1.29 is 14.7 Å². The molecule has 5 N–H and O–H groups in total. The van der Waals surface area contributed by atoms with E-state index in [0.717, 1.165) is 5.56 Å². The van der Waals surface area contributed by atoms with Crippen molar-refractivity contribution >= 4 is 34.7 Å². The standard InChI is InChI=1S/C19H22N8O3/c1-26(2)18-13-15(23-16(25-18)19(30)22-9-8-12(28)29)24-17(27(13)3)11-6-4-10(5-7-11)14(20)21/h4-7H,8-9H2,1-3H3,(H3,20,21)(H,22,30)(H,28,29). The Balaban J connectivity index is 2.05. The average molecular weight is 410 g/mol. The quantitative estimate of drug-likeness (QED) is 0.325. The van der Waals surface area contributed by atoms with Gasteiger partial charge in [0.15, 0.2) is 11.5 Å². The van der Waals surface area contributed by atoms with E-state index in [1.807, 2.05) is 11.6 Å². The van der Waals surface area contributed by atoms with Crippen LogP contribution in [0.4, 0.5) is 5.82 Å². The lowest BCUT2D eigenvalue weighted by Gasteiger charge is -2.14. The molecular weight excluding hydrogens is 388 g/mol. The third kappa shape index (κ3) is 4.04. The van der Waals surface area contributed by atoms with Gasteiger partial charge < -0.3 is 25.6 Å². The highest BCUT2D eigenvalue weighted by Crippen LogP contribution is 2.28. The normalized spacial score (nSPS) is 10.8. The Morgan fingerprint density at radius 3 is 2.43 bits per heavy atom. The zero-order valence-electron chi connectivity index (χ0n) is 16.8. The van der Waals surface area contributed by atoms with Gasteiger partial charge in [-0.25, -0.2) is 15.0 Å². The maximum Gasteiger partial charge on any atom is 0.305 e. The van der Waals surface area contributed by atoms with Gasteiger partial charge >= 0.3 is 5.97 Å². The van der Waals surface area contributed by atoms with Gasteiger partial charge in [0, 0.05) is 38.8 Å². The van der Waals surface area contributed by atoms with Crippen molar-refractivity contribution in [1.82, 2.24) is 24.8 Å². The van der Waals surface area contributed by atoms with Gasteiger partial charge in [0.2, 0.25) is 5.82 Å². The molecule has 30 heavy (non-hydrogen) atoms. The number of carbonyl (C=O) groups excluding carboxylic acids is 1. The molecule has 3 rings (SSSR count). The van der Waals surface area contributed by atoms with Crippen LogP contribution < -0.4 is 16.0 Å². The number of hydrogen-bond donors (Lipinski definition) is 4. The third-order valence-electron chi connectivity index (χ3n) is 4.42. The highest BCUT2D eigenvalue weighted by atomic mass is 16.4. The summed E-state index contributed by atoms with van der Waals surface area (Å²) in [7, 11) is 5.41. The smallest absolute Gasteiger partial charge is 0.305 e. The number of carboxylic acid groups (broad SMARTS) is 1. The Labute approximate surface area is 172 Å². The van der Waals surface area contributed by atoms with E-state index in [9.17, 15) is 9.59 Å². The van der Waals surface area contributed by atoms with Crippen molar-refractivity contribution in [1.29, 1.82) is 5.41 Å². The van der Waals surface area contributed by atoms with Crippen molar-refractivity contribution in [2.75, 3.05) is 25.5 Å². The SMILES string of the molecule is CN(C)c1nc(C(=O)NCCC(=O)O)nc2nc(-c3ccc(C(=N)N)cc3)n(C)c12. The Hall–Kier alpha value is -4.02. The number of nitrogens with zero attached hydrogens (tertiary/aromatic N) is 5. The molecule has 0 fully saturated rings. The number of carbonyl (C=O) groups is 2. The molecule has 11 nitrogen and oxygen atoms in total. The summed E-state index contributed by atoms with van der Waals surface area (Å²) in [5.41, 5.74) is 7.89. The second-order valence-electron chi connectivity index (χ2n) is 6.82. The largest absolute Gasteiger partial charge is 0.481 e. The van der Waals surface area contributed by atoms with E-state index in [4.69, 9.17) is 16.2 Å². The number of amidine groups is 1. The van der Waals surface area contributed by atoms with E-state index >= 15 is 0 Å². The summed E-state index contributed by atoms with van der Waals surface area (Å²) in [6, 6.07) is 7.08. The fraction of sp³-hybridized carbons (Fsp3) is 0.263. The maximum atomic E-state index is 12.4. The van der Waals surface area contributed by atoms with E-state index < -0.39 is 11.9 Å². The second-order valence-corrected chi connectivity index (χ2v) is 6.82. The van der Waals surface area contributed by atoms with E-state index in [-0.39, 0.29) is 24.6 Å². The lowest BCUT2D eigenvalue weighted by Crippen LogP contribution is -2.28. The van der Waals surface area contributed by atoms with Crippen LogP contribution in [0, 0.1) is 5.41 Å². The molecule has 2 heterocycles. The minimum absolute atomic E-state index is 0.0223. The monoisotopic (exact) mass is 410 g/mol. The predicted octanol–water partition coefficient (Wildman–Crippen LogP) is 0.585. The lowest BCUT2D eigenvalue weighted by atomic mass is 10.1. The van der Waals surface area contributed by atoms with Crippen molar-refractivity contribution in [2.45, 2.75) is 6.42 Å². The number of aliphatic carboxylic acids is 1. The zero-order chi connectivity index (χ0) is 22.0. The van der Waals surface area contributed by atoms with Gasteiger partial charge in [-0.2, -0.15) is 0 Å². The van der Waals surface area contributed by atoms with Gasteiger partial charge in [0.05, 0.1) is 6.42 Å². The highest BCUT2D eigenvalue weighted by molar-refractivity contribution is 5.96. The first kappa shape index (κ1) is 20.7. The molecule has 1 aromatic carbocycles. The summed E-state index contributed by atoms with van der Waals surface area (Å²) < 4.78 is 1.83. The molecule has 0 spiro atoms. The summed E-state index contributed by atoms with van der Waals surface area (Å²) in [5, 5.41) is 18.7. The molecule has 0 unspecified atom stereocenters. The summed E-state index contributed by atoms with van der Waals surface area (Å²) in [5.74, 6) is -0.574. The number of nitrogens with one attached hydrogen (secondary N) is 2. The molecule has 0 radical (unpaired) electrons. The number of carboxylic acids is 1. The molecule has 0 aliphatic carbocycles. The molecule has 156 valence electrons. The van der Waals surface area contributed by atoms with Crippen LogP contribution in [-0.2, 0) is 11.8 Å². The summed E-state index contributed by atoms with van der Waals surface area (Å²) in [6.07, 6.45) is -0.196. The number of imidazole rings is 1. The van der Waals surface area contributed by atoms with Gasteiger partial charge in [-0.05, 0) is 0 Å². The summed E-state index contributed by atoms with van der Waals surface area (Å²) in [4.78, 5) is 38.0. The number of benzene rings is 1. The Morgan fingerprint density at radius 1 is 1.20 bits per heavy atom. The van der Waals surface area contributed by atoms with Crippen LogP contribution in [0.1, 0.15) is 22.6 Å². The molecule has 0 aliphatic rings. The molecule has 0 saturated heterocycles. The van der Waals surface area contributed by atoms with Crippen molar-refractivity contribution in [3.05, 3.63) is 35.7 Å². The van der Waals surface area contributed by atoms with Gasteiger partial charge in [-0.3, -0.25) is 15.0 Å². The molecule has 0 aliphatic heterocycles. The van der Waals surface area contributed by atoms with E-state index in [0.29, 0.717) is 28.4 Å². The minimum atomic E-state index is -1.01. The summed E-state index contributed by atoms with van der Waals surface area (Å²) >= 11 is 0. The van der Waals surface area contributed by atoms with Crippen molar-refractivity contribution in [3.63, 3.8) is 0 Å². The molecule has 3 aromatic rings. The minimum Gasteiger partial charge on any atom is -0.481 e. The molecule has 1 amide bonds. The molecule has 2 aromatic heterocycles. The van der Waals surface area contributed by atoms with E-state index in [1.165, 1.54) is 0 Å². The number of fused-ring (bicyclic) bond motifs is 1. The van der Waals surface area contributed by atoms with Crippen LogP contribution in [0.2, 0.25) is 0 Å². The fourth-order valence-corrected chi connectivity index (χ4v) is 2.92. The van der Waals surface area contributed by atoms with Crippen LogP contribution in [0.15, 0.2) is 24.3 Å². The molecule has 0 bridgehead atoms. The van der Waals surface area contributed by atoms with Crippen LogP contribution in [0.25, 0.3) is 22.6 Å². The average Bonchev–Trinajstić information content (AvgIpc) is 3.03. The van der Waals surface area contributed by atoms with Crippen LogP contribution in [-0.4, -0.2) is 63.0 Å². The van der Waals surface area contributed by atoms with Gasteiger partial charge in [0.1, 0.15) is 17.2 Å². The maximum absolute atomic E-state index is 12.4. The highest BCUT2D eigenvalue weighted by Gasteiger charge is 2.21. The molecule has 11 heteroatoms. The predicted molar refractivity (Wildman–Crippen MR) is 112 cm³/mol. The topological polar surface area (TPSA) is 163 Å². The first-order valence-electron chi connectivity index (χ1n) is 9.05. The number of nitrogen functional groups attached to an aromatic ring is 1. The number of hydrogen-bond acceptors (Lipinski definition) is 7. The summed E-state index contributed by atoms with van der Waals surface area (Å²) in [6.45, 7) is -0.0250. The third-order valence-corrected chi connectivity index (χ3v) is 4.42. The number of amides is 1. The van der Waals surface area contributed by atoms with E-state index in [2.05, 4.69) is 20.3 Å². The number of aromatic nitrogens is 4. The second kappa shape index (κ2) is 8.15. The fourth-order valence-electron chi connectivity index (χ4n) is 2.92. The first-order valence-corrected chi connectivity index (χ1v) is 9.05. The number of rotatable bonds is 7. The first-order chi connectivity index (χ1) is 14.2. The van der Waals surface area contributed by atoms with Crippen molar-refractivity contribution in [2.24, 2.45) is 12.8 Å². The van der Waals surface area contributed by atoms with Crippen LogP contribution in [0.3, 0.4) is 0 Å². The number of aryl methyl sites for hydroxylation is 1. The number of anilines is 1. The number of nitrogens with two attached hydrogens (primary N) is 1. The zero-order valence-corrected chi connectivity index (χ0v) is 16.8. The Kier molecular flexibility index (Phi) is 5.63. The van der Waals surface area contributed by atoms with Crippen LogP contribution in [0.5, 0.6) is 0 Å². The van der Waals surface area contributed by atoms with E-state index in [1.54, 1.807) is 43.3 Å². The van der Waals surface area contributed by atoms with Gasteiger partial charge in [-0.1, -0.05) is 24.3 Å². The van der Waals surface area contributed by atoms with Gasteiger partial charge in [0.25, 0.3) is 5.91 Å². The molecule has 0 saturated carbocycles. The van der Waals surface area contributed by atoms with Crippen molar-refractivity contribution in [3.8, 4) is 11.4 Å².